The van der Waals surface area contributed by atoms with Crippen LogP contribution in [0.4, 0.5) is 5.69 Å². The van der Waals surface area contributed by atoms with Crippen molar-refractivity contribution in [2.45, 2.75) is 11.7 Å². The largest absolute Gasteiger partial charge is 0.497 e. The van der Waals surface area contributed by atoms with Gasteiger partial charge in [0, 0.05) is 18.7 Å². The van der Waals surface area contributed by atoms with Crippen LogP contribution in [0, 0.1) is 0 Å². The Hall–Kier alpha value is -3.66. The SMILES string of the molecule is C=CCN=C1SC(CC(=O)Nc2ccc(OC)cc2OC)C(=O)N1/N=C/c1ccccn1. The van der Waals surface area contributed by atoms with E-state index in [1.807, 2.05) is 6.07 Å². The molecule has 0 radical (unpaired) electrons. The second-order valence-corrected chi connectivity index (χ2v) is 7.66. The van der Waals surface area contributed by atoms with E-state index in [0.717, 1.165) is 0 Å². The molecule has 1 unspecified atom stereocenters. The quantitative estimate of drug-likeness (QED) is 0.462. The van der Waals surface area contributed by atoms with E-state index in [1.54, 1.807) is 49.7 Å². The number of nitrogens with zero attached hydrogens (tertiary/aromatic N) is 4. The summed E-state index contributed by atoms with van der Waals surface area (Å²) in [5, 5.41) is 7.97. The Morgan fingerprint density at radius 2 is 2.16 bits per heavy atom. The summed E-state index contributed by atoms with van der Waals surface area (Å²) in [6, 6.07) is 10.4. The number of ether oxygens (including phenoxy) is 2. The van der Waals surface area contributed by atoms with Gasteiger partial charge < -0.3 is 14.8 Å². The average Bonchev–Trinajstić information content (AvgIpc) is 3.11. The number of benzene rings is 1. The summed E-state index contributed by atoms with van der Waals surface area (Å²) in [6.07, 6.45) is 4.68. The van der Waals surface area contributed by atoms with Gasteiger partial charge in [0.2, 0.25) is 5.91 Å². The molecule has 2 heterocycles. The van der Waals surface area contributed by atoms with Gasteiger partial charge in [0.05, 0.1) is 38.4 Å². The molecular formula is C22H23N5O4S. The van der Waals surface area contributed by atoms with E-state index in [4.69, 9.17) is 9.47 Å². The lowest BCUT2D eigenvalue weighted by Crippen LogP contribution is -2.30. The number of thioether (sulfide) groups is 1. The predicted octanol–water partition coefficient (Wildman–Crippen LogP) is 2.95. The van der Waals surface area contributed by atoms with Crippen LogP contribution in [0.3, 0.4) is 0 Å². The average molecular weight is 454 g/mol. The van der Waals surface area contributed by atoms with Gasteiger partial charge in [-0.15, -0.1) is 6.58 Å². The fourth-order valence-corrected chi connectivity index (χ4v) is 3.86. The molecule has 0 spiro atoms. The normalized spacial score (nSPS) is 17.1. The molecule has 1 saturated heterocycles. The minimum atomic E-state index is -0.663. The van der Waals surface area contributed by atoms with Gasteiger partial charge in [-0.05, 0) is 24.3 Å². The van der Waals surface area contributed by atoms with Crippen molar-refractivity contribution in [2.75, 3.05) is 26.1 Å². The zero-order valence-electron chi connectivity index (χ0n) is 17.7. The summed E-state index contributed by atoms with van der Waals surface area (Å²) >= 11 is 1.19. The Morgan fingerprint density at radius 1 is 1.31 bits per heavy atom. The molecule has 3 rings (SSSR count). The van der Waals surface area contributed by atoms with Crippen LogP contribution in [0.2, 0.25) is 0 Å². The van der Waals surface area contributed by atoms with Crippen LogP contribution in [-0.2, 0) is 9.59 Å². The molecule has 2 amide bonds. The summed E-state index contributed by atoms with van der Waals surface area (Å²) in [7, 11) is 3.05. The molecule has 1 aliphatic heterocycles. The van der Waals surface area contributed by atoms with E-state index in [9.17, 15) is 9.59 Å². The van der Waals surface area contributed by atoms with Crippen LogP contribution in [0.1, 0.15) is 12.1 Å². The highest BCUT2D eigenvalue weighted by molar-refractivity contribution is 8.15. The van der Waals surface area contributed by atoms with Crippen LogP contribution in [0.5, 0.6) is 11.5 Å². The number of aliphatic imine (C=N–C) groups is 1. The van der Waals surface area contributed by atoms with Gasteiger partial charge in [0.1, 0.15) is 16.7 Å². The van der Waals surface area contributed by atoms with Crippen LogP contribution >= 0.6 is 11.8 Å². The third kappa shape index (κ3) is 5.73. The summed E-state index contributed by atoms with van der Waals surface area (Å²) in [4.78, 5) is 34.1. The van der Waals surface area contributed by atoms with E-state index in [-0.39, 0.29) is 18.2 Å². The number of hydrogen-bond donors (Lipinski definition) is 1. The van der Waals surface area contributed by atoms with Gasteiger partial charge in [-0.2, -0.15) is 10.1 Å². The third-order valence-electron chi connectivity index (χ3n) is 4.32. The first-order valence-electron chi connectivity index (χ1n) is 9.68. The van der Waals surface area contributed by atoms with E-state index >= 15 is 0 Å². The topological polar surface area (TPSA) is 105 Å². The molecule has 0 bridgehead atoms. The maximum Gasteiger partial charge on any atom is 0.263 e. The maximum absolute atomic E-state index is 12.9. The molecule has 1 aliphatic rings. The van der Waals surface area contributed by atoms with Crippen molar-refractivity contribution in [3.8, 4) is 11.5 Å². The molecule has 0 aliphatic carbocycles. The number of carbonyl (C=O) groups excluding carboxylic acids is 2. The number of amidine groups is 1. The number of amides is 2. The maximum atomic E-state index is 12.9. The van der Waals surface area contributed by atoms with Crippen molar-refractivity contribution in [1.29, 1.82) is 0 Å². The number of pyridine rings is 1. The van der Waals surface area contributed by atoms with Crippen LogP contribution < -0.4 is 14.8 Å². The van der Waals surface area contributed by atoms with E-state index in [2.05, 4.69) is 27.0 Å². The Kier molecular flexibility index (Phi) is 7.98. The zero-order valence-corrected chi connectivity index (χ0v) is 18.5. The van der Waals surface area contributed by atoms with Gasteiger partial charge in [-0.1, -0.05) is 23.9 Å². The first kappa shape index (κ1) is 23.0. The summed E-state index contributed by atoms with van der Waals surface area (Å²) in [5.74, 6) is 0.392. The van der Waals surface area contributed by atoms with Crippen molar-refractivity contribution in [3.05, 3.63) is 60.9 Å². The molecule has 0 saturated carbocycles. The highest BCUT2D eigenvalue weighted by atomic mass is 32.2. The molecule has 1 N–H and O–H groups in total. The highest BCUT2D eigenvalue weighted by Crippen LogP contribution is 2.32. The van der Waals surface area contributed by atoms with Gasteiger partial charge in [-0.3, -0.25) is 19.6 Å². The molecule has 1 fully saturated rings. The highest BCUT2D eigenvalue weighted by Gasteiger charge is 2.39. The number of carbonyl (C=O) groups is 2. The first-order valence-corrected chi connectivity index (χ1v) is 10.6. The number of hydrogen-bond acceptors (Lipinski definition) is 8. The van der Waals surface area contributed by atoms with Gasteiger partial charge in [0.25, 0.3) is 5.91 Å². The van der Waals surface area contributed by atoms with Gasteiger partial charge in [-0.25, -0.2) is 0 Å². The number of rotatable bonds is 9. The lowest BCUT2D eigenvalue weighted by atomic mass is 10.2. The van der Waals surface area contributed by atoms with Crippen molar-refractivity contribution in [1.82, 2.24) is 9.99 Å². The number of anilines is 1. The van der Waals surface area contributed by atoms with E-state index < -0.39 is 5.25 Å². The second kappa shape index (κ2) is 11.1. The minimum absolute atomic E-state index is 0.0542. The molecule has 1 aromatic carbocycles. The fraction of sp³-hybridized carbons (Fsp3) is 0.227. The second-order valence-electron chi connectivity index (χ2n) is 6.49. The van der Waals surface area contributed by atoms with Gasteiger partial charge in [0.15, 0.2) is 5.17 Å². The first-order chi connectivity index (χ1) is 15.5. The van der Waals surface area contributed by atoms with Crippen LogP contribution in [0.15, 0.2) is 65.3 Å². The monoisotopic (exact) mass is 453 g/mol. The molecule has 166 valence electrons. The zero-order chi connectivity index (χ0) is 22.9. The van der Waals surface area contributed by atoms with Crippen molar-refractivity contribution >= 4 is 40.6 Å². The lowest BCUT2D eigenvalue weighted by molar-refractivity contribution is -0.128. The molecule has 1 aromatic heterocycles. The van der Waals surface area contributed by atoms with Crippen LogP contribution in [-0.4, -0.2) is 59.2 Å². The number of aromatic nitrogens is 1. The third-order valence-corrected chi connectivity index (χ3v) is 5.48. The van der Waals surface area contributed by atoms with Crippen molar-refractivity contribution in [2.24, 2.45) is 10.1 Å². The summed E-state index contributed by atoms with van der Waals surface area (Å²) < 4.78 is 10.5. The number of methoxy groups -OCH3 is 2. The minimum Gasteiger partial charge on any atom is -0.497 e. The van der Waals surface area contributed by atoms with E-state index in [1.165, 1.54) is 30.1 Å². The summed E-state index contributed by atoms with van der Waals surface area (Å²) in [6.45, 7) is 3.98. The number of nitrogens with one attached hydrogen (secondary N) is 1. The van der Waals surface area contributed by atoms with Crippen molar-refractivity contribution in [3.63, 3.8) is 0 Å². The standard InChI is InChI=1S/C22H23N5O4S/c1-4-10-24-22-27(25-14-15-7-5-6-11-23-15)21(29)19(32-22)13-20(28)26-17-9-8-16(30-2)12-18(17)31-3/h4-9,11-12,14,19H,1,10,13H2,2-3H3,(H,26,28)/b24-22?,25-14+. The molecule has 9 nitrogen and oxygen atoms in total. The fourth-order valence-electron chi connectivity index (χ4n) is 2.78. The Labute approximate surface area is 190 Å². The lowest BCUT2D eigenvalue weighted by Gasteiger charge is -2.12. The summed E-state index contributed by atoms with van der Waals surface area (Å²) in [5.41, 5.74) is 1.08. The molecule has 32 heavy (non-hydrogen) atoms. The Morgan fingerprint density at radius 3 is 2.84 bits per heavy atom. The molecule has 10 heteroatoms. The molecule has 1 atom stereocenters. The molecular weight excluding hydrogens is 430 g/mol. The molecule has 2 aromatic rings. The van der Waals surface area contributed by atoms with E-state index in [0.29, 0.717) is 34.6 Å². The van der Waals surface area contributed by atoms with Crippen molar-refractivity contribution < 1.29 is 19.1 Å². The van der Waals surface area contributed by atoms with Crippen LogP contribution in [0.25, 0.3) is 0 Å². The number of hydrazone groups is 1. The van der Waals surface area contributed by atoms with Gasteiger partial charge >= 0.3 is 0 Å². The smallest absolute Gasteiger partial charge is 0.263 e. The Bertz CT molecular complexity index is 1040. The predicted molar refractivity (Wildman–Crippen MR) is 125 cm³/mol. The Balaban J connectivity index is 1.72.